The molecule has 0 spiro atoms. The summed E-state index contributed by atoms with van der Waals surface area (Å²) >= 11 is 0. The Morgan fingerprint density at radius 2 is 1.55 bits per heavy atom. The number of Topliss-reactive ketones (excluding diaryl/α,β-unsaturated/α-hetero) is 1. The number of aromatic amines is 1. The van der Waals surface area contributed by atoms with Gasteiger partial charge in [0, 0.05) is 10.9 Å². The van der Waals surface area contributed by atoms with E-state index in [4.69, 9.17) is 4.74 Å². The van der Waals surface area contributed by atoms with Crippen LogP contribution >= 0.6 is 0 Å². The Hall–Kier alpha value is -4.00. The number of amides is 2. The quantitative estimate of drug-likeness (QED) is 0.273. The van der Waals surface area contributed by atoms with Crippen LogP contribution in [0.25, 0.3) is 22.2 Å². The first-order valence-corrected chi connectivity index (χ1v) is 10.9. The second-order valence-electron chi connectivity index (χ2n) is 8.29. The van der Waals surface area contributed by atoms with E-state index in [9.17, 15) is 19.2 Å². The number of carbonyl (C=O) groups excluding carboxylic acids is 4. The number of nitrogens with one attached hydrogen (secondary N) is 1. The minimum absolute atomic E-state index is 0.347. The molecular weight excluding hydrogens is 420 g/mol. The molecule has 2 aromatic carbocycles. The third kappa shape index (κ3) is 3.75. The molecule has 2 heterocycles. The lowest BCUT2D eigenvalue weighted by atomic mass is 9.85. The molecule has 33 heavy (non-hydrogen) atoms. The summed E-state index contributed by atoms with van der Waals surface area (Å²) in [5.41, 5.74) is 2.73. The molecule has 0 bridgehead atoms. The van der Waals surface area contributed by atoms with Crippen molar-refractivity contribution in [2.24, 2.45) is 11.8 Å². The SMILES string of the molecule is O=C(CN1C(=O)C2CC=CCC2C1=O)OCC(=O)c1c(-c2ccccc2)[nH]c2ccccc12. The Labute approximate surface area is 190 Å². The third-order valence-corrected chi connectivity index (χ3v) is 6.30. The van der Waals surface area contributed by atoms with E-state index < -0.39 is 31.0 Å². The molecule has 1 aromatic heterocycles. The second-order valence-corrected chi connectivity index (χ2v) is 8.29. The maximum Gasteiger partial charge on any atom is 0.326 e. The van der Waals surface area contributed by atoms with E-state index in [-0.39, 0.29) is 17.6 Å². The van der Waals surface area contributed by atoms with Crippen molar-refractivity contribution in [3.63, 3.8) is 0 Å². The van der Waals surface area contributed by atoms with Crippen LogP contribution in [0.4, 0.5) is 0 Å². The molecule has 2 amide bonds. The first-order chi connectivity index (χ1) is 16.0. The van der Waals surface area contributed by atoms with Gasteiger partial charge in [-0.15, -0.1) is 0 Å². The zero-order valence-corrected chi connectivity index (χ0v) is 17.8. The van der Waals surface area contributed by atoms with Gasteiger partial charge in [-0.25, -0.2) is 0 Å². The van der Waals surface area contributed by atoms with Gasteiger partial charge in [-0.1, -0.05) is 60.7 Å². The average molecular weight is 442 g/mol. The number of ether oxygens (including phenoxy) is 1. The maximum absolute atomic E-state index is 13.1. The summed E-state index contributed by atoms with van der Waals surface area (Å²) < 4.78 is 5.22. The van der Waals surface area contributed by atoms with Gasteiger partial charge in [0.2, 0.25) is 17.6 Å². The Bertz CT molecular complexity index is 1260. The van der Waals surface area contributed by atoms with Crippen LogP contribution in [0.15, 0.2) is 66.7 Å². The number of esters is 1. The number of H-pyrrole nitrogens is 1. The summed E-state index contributed by atoms with van der Waals surface area (Å²) in [6.07, 6.45) is 4.78. The number of para-hydroxylation sites is 1. The molecule has 3 aromatic rings. The van der Waals surface area contributed by atoms with Crippen LogP contribution in [0.3, 0.4) is 0 Å². The fourth-order valence-electron chi connectivity index (χ4n) is 4.67. The minimum atomic E-state index is -0.780. The molecule has 7 heteroatoms. The molecule has 2 unspecified atom stereocenters. The lowest BCUT2D eigenvalue weighted by Crippen LogP contribution is -2.37. The summed E-state index contributed by atoms with van der Waals surface area (Å²) in [7, 11) is 0. The van der Waals surface area contributed by atoms with E-state index in [1.54, 1.807) is 0 Å². The summed E-state index contributed by atoms with van der Waals surface area (Å²) in [5, 5.41) is 0.735. The number of allylic oxidation sites excluding steroid dienone is 2. The van der Waals surface area contributed by atoms with Crippen molar-refractivity contribution in [1.82, 2.24) is 9.88 Å². The number of ketones is 1. The van der Waals surface area contributed by atoms with Crippen molar-refractivity contribution in [2.45, 2.75) is 12.8 Å². The van der Waals surface area contributed by atoms with Crippen LogP contribution < -0.4 is 0 Å². The predicted octanol–water partition coefficient (Wildman–Crippen LogP) is 3.51. The molecule has 7 nitrogen and oxygen atoms in total. The standard InChI is InChI=1S/C26H22N2O5/c29-21(15-33-22(30)14-28-25(31)17-10-4-5-11-18(17)26(28)32)23-19-12-6-7-13-20(19)27-24(23)16-8-2-1-3-9-16/h1-9,12-13,17-18,27H,10-11,14-15H2. The number of aromatic nitrogens is 1. The summed E-state index contributed by atoms with van der Waals surface area (Å²) in [6, 6.07) is 16.9. The molecule has 1 aliphatic heterocycles. The van der Waals surface area contributed by atoms with Crippen LogP contribution in [0.5, 0.6) is 0 Å². The largest absolute Gasteiger partial charge is 0.456 e. The van der Waals surface area contributed by atoms with Crippen molar-refractivity contribution in [3.05, 3.63) is 72.3 Å². The highest BCUT2D eigenvalue weighted by atomic mass is 16.5. The number of hydrogen-bond acceptors (Lipinski definition) is 5. The zero-order chi connectivity index (χ0) is 22.9. The monoisotopic (exact) mass is 442 g/mol. The molecule has 2 atom stereocenters. The first-order valence-electron chi connectivity index (χ1n) is 10.9. The van der Waals surface area contributed by atoms with E-state index in [0.717, 1.165) is 21.4 Å². The van der Waals surface area contributed by atoms with Crippen LogP contribution in [0.1, 0.15) is 23.2 Å². The average Bonchev–Trinajstić information content (AvgIpc) is 3.35. The number of fused-ring (bicyclic) bond motifs is 2. The number of imide groups is 1. The fraction of sp³-hybridized carbons (Fsp3) is 0.231. The van der Waals surface area contributed by atoms with Gasteiger partial charge >= 0.3 is 5.97 Å². The van der Waals surface area contributed by atoms with Gasteiger partial charge < -0.3 is 9.72 Å². The van der Waals surface area contributed by atoms with Gasteiger partial charge in [0.25, 0.3) is 0 Å². The number of hydrogen-bond donors (Lipinski definition) is 1. The molecule has 0 saturated carbocycles. The number of nitrogens with zero attached hydrogens (tertiary/aromatic N) is 1. The topological polar surface area (TPSA) is 96.5 Å². The van der Waals surface area contributed by atoms with Gasteiger partial charge in [0.15, 0.2) is 6.61 Å². The van der Waals surface area contributed by atoms with Gasteiger partial charge in [0.1, 0.15) is 6.54 Å². The maximum atomic E-state index is 13.1. The summed E-state index contributed by atoms with van der Waals surface area (Å²) in [5.74, 6) is -2.65. The van der Waals surface area contributed by atoms with Crippen molar-refractivity contribution in [2.75, 3.05) is 13.2 Å². The minimum Gasteiger partial charge on any atom is -0.456 e. The molecule has 166 valence electrons. The van der Waals surface area contributed by atoms with E-state index in [2.05, 4.69) is 4.98 Å². The number of benzene rings is 2. The lowest BCUT2D eigenvalue weighted by molar-refractivity contribution is -0.152. The molecule has 1 N–H and O–H groups in total. The molecule has 0 radical (unpaired) electrons. The number of likely N-dealkylation sites (tertiary alicyclic amines) is 1. The third-order valence-electron chi connectivity index (χ3n) is 6.30. The van der Waals surface area contributed by atoms with E-state index >= 15 is 0 Å². The van der Waals surface area contributed by atoms with Gasteiger partial charge in [-0.2, -0.15) is 0 Å². The normalized spacial score (nSPS) is 19.7. The Morgan fingerprint density at radius 1 is 0.909 bits per heavy atom. The highest BCUT2D eigenvalue weighted by Crippen LogP contribution is 2.35. The van der Waals surface area contributed by atoms with Crippen molar-refractivity contribution >= 4 is 34.5 Å². The van der Waals surface area contributed by atoms with Crippen LogP contribution in [-0.4, -0.2) is 46.6 Å². The first kappa shape index (κ1) is 20.9. The molecular formula is C26H22N2O5. The lowest BCUT2D eigenvalue weighted by Gasteiger charge is -2.14. The Morgan fingerprint density at radius 3 is 2.24 bits per heavy atom. The van der Waals surface area contributed by atoms with Crippen molar-refractivity contribution in [1.29, 1.82) is 0 Å². The van der Waals surface area contributed by atoms with E-state index in [1.165, 1.54) is 0 Å². The van der Waals surface area contributed by atoms with Gasteiger partial charge in [-0.3, -0.25) is 24.1 Å². The predicted molar refractivity (Wildman–Crippen MR) is 121 cm³/mol. The Kier molecular flexibility index (Phi) is 5.38. The van der Waals surface area contributed by atoms with Gasteiger partial charge in [0.05, 0.1) is 23.1 Å². The molecule has 1 fully saturated rings. The van der Waals surface area contributed by atoms with E-state index in [0.29, 0.717) is 24.1 Å². The number of rotatable bonds is 6. The fourth-order valence-corrected chi connectivity index (χ4v) is 4.67. The van der Waals surface area contributed by atoms with E-state index in [1.807, 2.05) is 66.7 Å². The second kappa shape index (κ2) is 8.50. The zero-order valence-electron chi connectivity index (χ0n) is 17.8. The molecule has 2 aliphatic rings. The highest BCUT2D eigenvalue weighted by Gasteiger charge is 2.47. The molecule has 1 aliphatic carbocycles. The number of carbonyl (C=O) groups is 4. The van der Waals surface area contributed by atoms with Crippen LogP contribution in [-0.2, 0) is 19.1 Å². The summed E-state index contributed by atoms with van der Waals surface area (Å²) in [6.45, 7) is -0.956. The van der Waals surface area contributed by atoms with Crippen molar-refractivity contribution < 1.29 is 23.9 Å². The summed E-state index contributed by atoms with van der Waals surface area (Å²) in [4.78, 5) is 54.9. The van der Waals surface area contributed by atoms with Crippen LogP contribution in [0, 0.1) is 11.8 Å². The Balaban J connectivity index is 1.31. The van der Waals surface area contributed by atoms with Gasteiger partial charge in [-0.05, 0) is 24.5 Å². The molecule has 5 rings (SSSR count). The smallest absolute Gasteiger partial charge is 0.326 e. The highest BCUT2D eigenvalue weighted by molar-refractivity contribution is 6.14. The van der Waals surface area contributed by atoms with Crippen molar-refractivity contribution in [3.8, 4) is 11.3 Å². The van der Waals surface area contributed by atoms with Crippen LogP contribution in [0.2, 0.25) is 0 Å². The molecule has 1 saturated heterocycles.